The molecule has 0 unspecified atom stereocenters. The minimum atomic E-state index is 1.38. The Labute approximate surface area is 134 Å². The Morgan fingerprint density at radius 3 is 1.00 bits per heavy atom. The highest BCUT2D eigenvalue weighted by Crippen LogP contribution is 2.06. The van der Waals surface area contributed by atoms with Crippen molar-refractivity contribution in [2.24, 2.45) is 0 Å². The summed E-state index contributed by atoms with van der Waals surface area (Å²) in [6.07, 6.45) is 17.5. The van der Waals surface area contributed by atoms with Crippen molar-refractivity contribution in [3.63, 3.8) is 0 Å². The molecule has 0 spiro atoms. The molecule has 0 atom stereocenters. The molecular formula is C16H38Al2. The quantitative estimate of drug-likeness (QED) is 0.357. The molecule has 0 nitrogen and oxygen atoms in total. The molecular weight excluding hydrogens is 246 g/mol. The lowest BCUT2D eigenvalue weighted by Crippen LogP contribution is -1.77. The molecule has 0 aromatic rings. The minimum absolute atomic E-state index is 1.38. The first-order valence-corrected chi connectivity index (χ1v) is 11.7. The molecule has 108 valence electrons. The maximum Gasteiger partial charge on any atom is 0.211 e. The van der Waals surface area contributed by atoms with Gasteiger partial charge in [0.25, 0.3) is 0 Å². The van der Waals surface area contributed by atoms with E-state index in [0.717, 1.165) is 0 Å². The van der Waals surface area contributed by atoms with Gasteiger partial charge in [0.05, 0.1) is 0 Å². The van der Waals surface area contributed by atoms with E-state index >= 15 is 0 Å². The van der Waals surface area contributed by atoms with E-state index in [4.69, 9.17) is 0 Å². The van der Waals surface area contributed by atoms with Crippen LogP contribution in [-0.4, -0.2) is 32.6 Å². The zero-order valence-electron chi connectivity index (χ0n) is 13.9. The van der Waals surface area contributed by atoms with Gasteiger partial charge in [0.1, 0.15) is 0 Å². The Balaban J connectivity index is 0. The average molecular weight is 284 g/mol. The van der Waals surface area contributed by atoms with E-state index in [0.29, 0.717) is 0 Å². The zero-order valence-corrected chi connectivity index (χ0v) is 17.9. The number of hydrogen-bond acceptors (Lipinski definition) is 0. The fraction of sp³-hybridized carbons (Fsp3) is 1.00. The van der Waals surface area contributed by atoms with Gasteiger partial charge < -0.3 is 0 Å². The van der Waals surface area contributed by atoms with Crippen LogP contribution in [0.15, 0.2) is 0 Å². The van der Waals surface area contributed by atoms with E-state index in [9.17, 15) is 0 Å². The molecule has 0 bridgehead atoms. The van der Waals surface area contributed by atoms with Crippen molar-refractivity contribution >= 4 is 32.6 Å². The van der Waals surface area contributed by atoms with Crippen molar-refractivity contribution in [1.82, 2.24) is 0 Å². The van der Waals surface area contributed by atoms with Crippen LogP contribution in [0, 0.1) is 0 Å². The van der Waals surface area contributed by atoms with Gasteiger partial charge in [0, 0.05) is 0 Å². The van der Waals surface area contributed by atoms with Crippen LogP contribution in [0.4, 0.5) is 0 Å². The largest absolute Gasteiger partial charge is 0.211 e. The Kier molecular flexibility index (Phi) is 27.5. The average Bonchev–Trinajstić information content (AvgIpc) is 2.39. The van der Waals surface area contributed by atoms with Crippen molar-refractivity contribution in [1.29, 1.82) is 0 Å². The molecule has 0 saturated carbocycles. The van der Waals surface area contributed by atoms with Gasteiger partial charge >= 0.3 is 0 Å². The van der Waals surface area contributed by atoms with Gasteiger partial charge in [-0.1, -0.05) is 90.9 Å². The highest BCUT2D eigenvalue weighted by molar-refractivity contribution is 6.08. The first kappa shape index (κ1) is 21.4. The summed E-state index contributed by atoms with van der Waals surface area (Å²) in [5, 5.41) is 3.01. The van der Waals surface area contributed by atoms with Crippen LogP contribution in [0.5, 0.6) is 0 Å². The van der Waals surface area contributed by atoms with E-state index in [1.54, 1.807) is 0 Å². The van der Waals surface area contributed by atoms with Crippen molar-refractivity contribution < 1.29 is 0 Å². The normalized spacial score (nSPS) is 9.89. The van der Waals surface area contributed by atoms with Crippen LogP contribution in [0.1, 0.15) is 90.9 Å². The first-order valence-electron chi connectivity index (χ1n) is 8.83. The lowest BCUT2D eigenvalue weighted by atomic mass is 10.1. The standard InChI is InChI=1S/2C8H17.2Al.4H/c2*1-3-5-7-8-6-4-2;;;;;;/h2*1,3-8H2,2H3;;;;;;. The summed E-state index contributed by atoms with van der Waals surface area (Å²) in [5.74, 6) is 0. The van der Waals surface area contributed by atoms with Gasteiger partial charge in [-0.15, -0.1) is 10.6 Å². The lowest BCUT2D eigenvalue weighted by Gasteiger charge is -1.96. The fourth-order valence-electron chi connectivity index (χ4n) is 2.06. The SMILES string of the molecule is CCCCCCC[CH2][AlH2].CCCCCCC[CH2][AlH2]. The second-order valence-corrected chi connectivity index (χ2v) is 7.54. The van der Waals surface area contributed by atoms with Gasteiger partial charge in [0.2, 0.25) is 32.6 Å². The third-order valence-electron chi connectivity index (χ3n) is 3.41. The topological polar surface area (TPSA) is 0 Å². The van der Waals surface area contributed by atoms with E-state index in [1.807, 2.05) is 0 Å². The molecule has 0 aliphatic carbocycles. The summed E-state index contributed by atoms with van der Waals surface area (Å²) >= 11 is 2.82. The van der Waals surface area contributed by atoms with Gasteiger partial charge in [0.15, 0.2) is 0 Å². The molecule has 2 heteroatoms. The first-order chi connectivity index (χ1) is 8.83. The highest BCUT2D eigenvalue weighted by Gasteiger charge is 1.86. The summed E-state index contributed by atoms with van der Waals surface area (Å²) < 4.78 is 0. The number of unbranched alkanes of at least 4 members (excludes halogenated alkanes) is 10. The lowest BCUT2D eigenvalue weighted by molar-refractivity contribution is 0.624. The molecule has 0 N–H and O–H groups in total. The van der Waals surface area contributed by atoms with Gasteiger partial charge in [-0.3, -0.25) is 0 Å². The summed E-state index contributed by atoms with van der Waals surface area (Å²) in [5.41, 5.74) is 0. The second-order valence-electron chi connectivity index (χ2n) is 5.54. The molecule has 0 aliphatic rings. The predicted octanol–water partition coefficient (Wildman–Crippen LogP) is 4.80. The fourth-order valence-corrected chi connectivity index (χ4v) is 3.06. The second kappa shape index (κ2) is 23.2. The third-order valence-corrected chi connectivity index (χ3v) is 4.83. The molecule has 0 radical (unpaired) electrons. The molecule has 0 aromatic heterocycles. The van der Waals surface area contributed by atoms with Crippen LogP contribution in [0.2, 0.25) is 10.6 Å². The molecule has 0 aromatic carbocycles. The minimum Gasteiger partial charge on any atom is -0.101 e. The zero-order chi connectivity index (χ0) is 13.9. The number of hydrogen-bond donors (Lipinski definition) is 0. The van der Waals surface area contributed by atoms with Crippen molar-refractivity contribution in [2.75, 3.05) is 0 Å². The monoisotopic (exact) mass is 284 g/mol. The molecule has 18 heavy (non-hydrogen) atoms. The van der Waals surface area contributed by atoms with Crippen molar-refractivity contribution in [2.45, 2.75) is 101 Å². The molecule has 0 saturated heterocycles. The van der Waals surface area contributed by atoms with Crippen LogP contribution in [0.25, 0.3) is 0 Å². The van der Waals surface area contributed by atoms with E-state index < -0.39 is 0 Å². The summed E-state index contributed by atoms with van der Waals surface area (Å²) in [6.45, 7) is 4.54. The van der Waals surface area contributed by atoms with Crippen LogP contribution in [-0.2, 0) is 0 Å². The smallest absolute Gasteiger partial charge is 0.101 e. The Bertz CT molecular complexity index is 89.7. The summed E-state index contributed by atoms with van der Waals surface area (Å²) in [4.78, 5) is 0. The maximum atomic E-state index is 2.27. The highest BCUT2D eigenvalue weighted by atomic mass is 27.0. The Hall–Kier alpha value is 1.06. The summed E-state index contributed by atoms with van der Waals surface area (Å²) in [7, 11) is 0. The van der Waals surface area contributed by atoms with Gasteiger partial charge in [-0.25, -0.2) is 0 Å². The molecule has 0 amide bonds. The predicted molar refractivity (Wildman–Crippen MR) is 93.5 cm³/mol. The molecule has 0 heterocycles. The van der Waals surface area contributed by atoms with Crippen LogP contribution < -0.4 is 0 Å². The van der Waals surface area contributed by atoms with Crippen LogP contribution >= 0.6 is 0 Å². The molecule has 0 rings (SSSR count). The van der Waals surface area contributed by atoms with E-state index in [2.05, 4.69) is 13.8 Å². The summed E-state index contributed by atoms with van der Waals surface area (Å²) in [6, 6.07) is 0. The third kappa shape index (κ3) is 25.8. The van der Waals surface area contributed by atoms with Gasteiger partial charge in [-0.05, 0) is 0 Å². The van der Waals surface area contributed by atoms with Crippen LogP contribution in [0.3, 0.4) is 0 Å². The van der Waals surface area contributed by atoms with Gasteiger partial charge in [-0.2, -0.15) is 0 Å². The van der Waals surface area contributed by atoms with E-state index in [1.165, 1.54) is 120 Å². The van der Waals surface area contributed by atoms with Crippen molar-refractivity contribution in [3.8, 4) is 0 Å². The Morgan fingerprint density at radius 2 is 0.722 bits per heavy atom. The van der Waals surface area contributed by atoms with E-state index in [-0.39, 0.29) is 0 Å². The molecule has 0 fully saturated rings. The Morgan fingerprint density at radius 1 is 0.444 bits per heavy atom. The molecule has 0 aliphatic heterocycles. The van der Waals surface area contributed by atoms with Crippen molar-refractivity contribution in [3.05, 3.63) is 0 Å². The number of rotatable bonds is 12. The maximum absolute atomic E-state index is 2.27.